The smallest absolute Gasteiger partial charge is 0.189 e. The molecule has 1 aromatic heterocycles. The van der Waals surface area contributed by atoms with Crippen molar-refractivity contribution in [2.45, 2.75) is 19.9 Å². The van der Waals surface area contributed by atoms with Gasteiger partial charge in [-0.25, -0.2) is 0 Å². The van der Waals surface area contributed by atoms with Crippen LogP contribution in [0.15, 0.2) is 21.1 Å². The van der Waals surface area contributed by atoms with Gasteiger partial charge in [-0.15, -0.1) is 5.11 Å². The van der Waals surface area contributed by atoms with E-state index in [1.807, 2.05) is 13.8 Å². The highest BCUT2D eigenvalue weighted by Gasteiger charge is 2.19. The fourth-order valence-corrected chi connectivity index (χ4v) is 1.37. The third kappa shape index (κ3) is 0.879. The Hall–Kier alpha value is -1.45. The summed E-state index contributed by atoms with van der Waals surface area (Å²) in [6, 6.07) is 1.48. The number of nitrogens with one attached hydrogen (secondary N) is 1. The first-order chi connectivity index (χ1) is 5.68. The lowest BCUT2D eigenvalue weighted by Gasteiger charge is -1.99. The quantitative estimate of drug-likeness (QED) is 0.623. The Labute approximate surface area is 69.3 Å². The predicted molar refractivity (Wildman–Crippen MR) is 44.7 cm³/mol. The number of rotatable bonds is 0. The summed E-state index contributed by atoms with van der Waals surface area (Å²) in [6.07, 6.45) is 0. The number of hydrogen-bond acceptors (Lipinski definition) is 3. The Morgan fingerprint density at radius 1 is 1.58 bits per heavy atom. The van der Waals surface area contributed by atoms with Crippen LogP contribution in [0.3, 0.4) is 0 Å². The van der Waals surface area contributed by atoms with E-state index in [1.54, 1.807) is 6.07 Å². The second-order valence-electron chi connectivity index (χ2n) is 2.97. The van der Waals surface area contributed by atoms with Gasteiger partial charge in [-0.3, -0.25) is 4.79 Å². The van der Waals surface area contributed by atoms with Crippen LogP contribution in [0.4, 0.5) is 5.82 Å². The molecule has 62 valence electrons. The van der Waals surface area contributed by atoms with Gasteiger partial charge in [-0.05, 0) is 13.8 Å². The van der Waals surface area contributed by atoms with Crippen molar-refractivity contribution in [1.82, 2.24) is 4.98 Å². The maximum atomic E-state index is 11.4. The molecule has 0 aromatic carbocycles. The van der Waals surface area contributed by atoms with Crippen LogP contribution in [0.1, 0.15) is 24.2 Å². The maximum absolute atomic E-state index is 11.4. The molecule has 0 amide bonds. The number of azo groups is 1. The number of hydrogen-bond donors (Lipinski definition) is 1. The minimum absolute atomic E-state index is 0.0266. The van der Waals surface area contributed by atoms with E-state index in [1.165, 1.54) is 0 Å². The number of aromatic nitrogens is 1. The number of aryl methyl sites for hydroxylation is 1. The number of aromatic amines is 1. The van der Waals surface area contributed by atoms with Crippen LogP contribution in [-0.2, 0) is 0 Å². The highest BCUT2D eigenvalue weighted by Crippen LogP contribution is 2.30. The SMILES string of the molecule is Cc1cc(=O)c2c([nH]1)N=NC2C. The van der Waals surface area contributed by atoms with E-state index in [0.29, 0.717) is 11.4 Å². The Kier molecular flexibility index (Phi) is 1.36. The molecule has 0 saturated carbocycles. The van der Waals surface area contributed by atoms with Crippen molar-refractivity contribution in [2.24, 2.45) is 10.2 Å². The minimum atomic E-state index is -0.0932. The molecule has 1 unspecified atom stereocenters. The third-order valence-electron chi connectivity index (χ3n) is 1.93. The molecule has 1 N–H and O–H groups in total. The summed E-state index contributed by atoms with van der Waals surface area (Å²) in [5, 5.41) is 7.77. The van der Waals surface area contributed by atoms with Crippen LogP contribution in [0, 0.1) is 6.92 Å². The normalized spacial score (nSPS) is 19.7. The second-order valence-corrected chi connectivity index (χ2v) is 2.97. The largest absolute Gasteiger partial charge is 0.342 e. The van der Waals surface area contributed by atoms with E-state index in [2.05, 4.69) is 15.2 Å². The number of fused-ring (bicyclic) bond motifs is 1. The second kappa shape index (κ2) is 2.27. The first-order valence-corrected chi connectivity index (χ1v) is 3.83. The van der Waals surface area contributed by atoms with Crippen molar-refractivity contribution in [3.8, 4) is 0 Å². The Morgan fingerprint density at radius 2 is 2.33 bits per heavy atom. The molecule has 0 aliphatic carbocycles. The summed E-state index contributed by atoms with van der Waals surface area (Å²) in [4.78, 5) is 14.4. The standard InChI is InChI=1S/C8H9N3O/c1-4-3-6(12)7-5(2)10-11-8(7)9-4/h3,5H,1-2H3,(H,9,12). The first kappa shape index (κ1) is 7.21. The number of H-pyrrole nitrogens is 1. The molecule has 4 heteroatoms. The van der Waals surface area contributed by atoms with Crippen LogP contribution in [0.2, 0.25) is 0 Å². The van der Waals surface area contributed by atoms with E-state index in [0.717, 1.165) is 5.69 Å². The molecule has 1 aliphatic heterocycles. The highest BCUT2D eigenvalue weighted by atomic mass is 16.1. The van der Waals surface area contributed by atoms with E-state index in [-0.39, 0.29) is 11.5 Å². The van der Waals surface area contributed by atoms with Gasteiger partial charge in [0.2, 0.25) is 0 Å². The molecule has 1 aliphatic rings. The van der Waals surface area contributed by atoms with Crippen molar-refractivity contribution in [3.63, 3.8) is 0 Å². The van der Waals surface area contributed by atoms with Crippen LogP contribution in [0.25, 0.3) is 0 Å². The average molecular weight is 163 g/mol. The van der Waals surface area contributed by atoms with Crippen molar-refractivity contribution in [1.29, 1.82) is 0 Å². The van der Waals surface area contributed by atoms with Gasteiger partial charge < -0.3 is 4.98 Å². The molecule has 0 spiro atoms. The third-order valence-corrected chi connectivity index (χ3v) is 1.93. The first-order valence-electron chi connectivity index (χ1n) is 3.83. The summed E-state index contributed by atoms with van der Waals surface area (Å²) in [7, 11) is 0. The van der Waals surface area contributed by atoms with E-state index in [4.69, 9.17) is 0 Å². The molecule has 0 saturated heterocycles. The fourth-order valence-electron chi connectivity index (χ4n) is 1.37. The fraction of sp³-hybridized carbons (Fsp3) is 0.375. The predicted octanol–water partition coefficient (Wildman–Crippen LogP) is 1.84. The lowest BCUT2D eigenvalue weighted by atomic mass is 10.1. The van der Waals surface area contributed by atoms with Crippen molar-refractivity contribution in [3.05, 3.63) is 27.5 Å². The molecule has 4 nitrogen and oxygen atoms in total. The summed E-state index contributed by atoms with van der Waals surface area (Å²) in [6.45, 7) is 3.69. The van der Waals surface area contributed by atoms with Gasteiger partial charge >= 0.3 is 0 Å². The molecule has 0 bridgehead atoms. The molecule has 2 heterocycles. The van der Waals surface area contributed by atoms with Gasteiger partial charge in [-0.2, -0.15) is 5.11 Å². The van der Waals surface area contributed by atoms with Gasteiger partial charge in [0.25, 0.3) is 0 Å². The van der Waals surface area contributed by atoms with Crippen LogP contribution >= 0.6 is 0 Å². The lowest BCUT2D eigenvalue weighted by molar-refractivity contribution is 0.805. The van der Waals surface area contributed by atoms with Crippen LogP contribution < -0.4 is 5.43 Å². The molecule has 1 atom stereocenters. The van der Waals surface area contributed by atoms with Crippen molar-refractivity contribution >= 4 is 5.82 Å². The molecule has 0 fully saturated rings. The molecular weight excluding hydrogens is 154 g/mol. The van der Waals surface area contributed by atoms with Gasteiger partial charge in [0, 0.05) is 11.8 Å². The molecule has 1 aromatic rings. The Bertz CT molecular complexity index is 405. The number of pyridine rings is 1. The zero-order chi connectivity index (χ0) is 8.72. The number of nitrogens with zero attached hydrogens (tertiary/aromatic N) is 2. The summed E-state index contributed by atoms with van der Waals surface area (Å²) in [5.41, 5.74) is 1.53. The van der Waals surface area contributed by atoms with Crippen molar-refractivity contribution in [2.75, 3.05) is 0 Å². The van der Waals surface area contributed by atoms with E-state index in [9.17, 15) is 4.79 Å². The summed E-state index contributed by atoms with van der Waals surface area (Å²) >= 11 is 0. The minimum Gasteiger partial charge on any atom is -0.342 e. The van der Waals surface area contributed by atoms with E-state index < -0.39 is 0 Å². The van der Waals surface area contributed by atoms with Crippen molar-refractivity contribution < 1.29 is 0 Å². The van der Waals surface area contributed by atoms with E-state index >= 15 is 0 Å². The Balaban J connectivity index is 2.75. The topological polar surface area (TPSA) is 57.6 Å². The summed E-state index contributed by atoms with van der Waals surface area (Å²) in [5.74, 6) is 0.618. The van der Waals surface area contributed by atoms with Crippen LogP contribution in [-0.4, -0.2) is 4.98 Å². The van der Waals surface area contributed by atoms with Gasteiger partial charge in [-0.1, -0.05) is 0 Å². The molecule has 2 rings (SSSR count). The average Bonchev–Trinajstić information content (AvgIpc) is 2.31. The summed E-state index contributed by atoms with van der Waals surface area (Å²) < 4.78 is 0. The molecule has 0 radical (unpaired) electrons. The lowest BCUT2D eigenvalue weighted by Crippen LogP contribution is -2.09. The molecule has 12 heavy (non-hydrogen) atoms. The molecular formula is C8H9N3O. The monoisotopic (exact) mass is 163 g/mol. The highest BCUT2D eigenvalue weighted by molar-refractivity contribution is 5.43. The zero-order valence-electron chi connectivity index (χ0n) is 6.96. The maximum Gasteiger partial charge on any atom is 0.189 e. The Morgan fingerprint density at radius 3 is 3.08 bits per heavy atom. The van der Waals surface area contributed by atoms with Gasteiger partial charge in [0.1, 0.15) is 6.04 Å². The van der Waals surface area contributed by atoms with Gasteiger partial charge in [0.15, 0.2) is 11.2 Å². The van der Waals surface area contributed by atoms with Gasteiger partial charge in [0.05, 0.1) is 5.56 Å². The van der Waals surface area contributed by atoms with Crippen LogP contribution in [0.5, 0.6) is 0 Å². The zero-order valence-corrected chi connectivity index (χ0v) is 6.96.